The lowest BCUT2D eigenvalue weighted by molar-refractivity contribution is -0.120. The average molecular weight is 271 g/mol. The standard InChI is InChI=1S/C16H21N3O/c1-4-10-16(3,17)15(20)19-13-7-5-6-12-9-8-11(2)18-14(12)13/h5-9H,4,10,17H2,1-3H3,(H,19,20). The van der Waals surface area contributed by atoms with Gasteiger partial charge in [-0.15, -0.1) is 0 Å². The number of fused-ring (bicyclic) bond motifs is 1. The Morgan fingerprint density at radius 3 is 2.80 bits per heavy atom. The molecule has 2 aromatic rings. The van der Waals surface area contributed by atoms with E-state index in [1.807, 2.05) is 44.2 Å². The van der Waals surface area contributed by atoms with Gasteiger partial charge in [0.05, 0.1) is 16.7 Å². The summed E-state index contributed by atoms with van der Waals surface area (Å²) in [6, 6.07) is 9.70. The number of hydrogen-bond acceptors (Lipinski definition) is 3. The minimum atomic E-state index is -0.860. The van der Waals surface area contributed by atoms with Crippen LogP contribution in [0.1, 0.15) is 32.4 Å². The van der Waals surface area contributed by atoms with Crippen LogP contribution < -0.4 is 11.1 Å². The van der Waals surface area contributed by atoms with Gasteiger partial charge in [-0.3, -0.25) is 9.78 Å². The number of nitrogens with two attached hydrogens (primary N) is 1. The number of aromatic nitrogens is 1. The molecule has 106 valence electrons. The van der Waals surface area contributed by atoms with Crippen molar-refractivity contribution in [2.24, 2.45) is 5.73 Å². The van der Waals surface area contributed by atoms with E-state index in [1.165, 1.54) is 0 Å². The minimum absolute atomic E-state index is 0.171. The van der Waals surface area contributed by atoms with Crippen molar-refractivity contribution in [1.82, 2.24) is 4.98 Å². The van der Waals surface area contributed by atoms with Gasteiger partial charge in [0.2, 0.25) is 5.91 Å². The second-order valence-corrected chi connectivity index (χ2v) is 5.45. The summed E-state index contributed by atoms with van der Waals surface area (Å²) in [5.74, 6) is -0.171. The molecule has 0 fully saturated rings. The number of benzene rings is 1. The van der Waals surface area contributed by atoms with Crippen molar-refractivity contribution in [2.75, 3.05) is 5.32 Å². The Bertz CT molecular complexity index is 635. The van der Waals surface area contributed by atoms with Crippen LogP contribution in [-0.2, 0) is 4.79 Å². The van der Waals surface area contributed by atoms with Gasteiger partial charge in [-0.2, -0.15) is 0 Å². The van der Waals surface area contributed by atoms with E-state index in [0.717, 1.165) is 23.0 Å². The second kappa shape index (κ2) is 5.59. The zero-order chi connectivity index (χ0) is 14.8. The van der Waals surface area contributed by atoms with E-state index in [0.29, 0.717) is 12.1 Å². The SMILES string of the molecule is CCCC(C)(N)C(=O)Nc1cccc2ccc(C)nc12. The summed E-state index contributed by atoms with van der Waals surface area (Å²) in [7, 11) is 0. The van der Waals surface area contributed by atoms with Crippen molar-refractivity contribution in [3.8, 4) is 0 Å². The van der Waals surface area contributed by atoms with E-state index in [9.17, 15) is 4.79 Å². The van der Waals surface area contributed by atoms with Crippen molar-refractivity contribution in [3.05, 3.63) is 36.0 Å². The van der Waals surface area contributed by atoms with Crippen LogP contribution in [0.25, 0.3) is 10.9 Å². The molecule has 0 saturated heterocycles. The van der Waals surface area contributed by atoms with Crippen LogP contribution in [0.15, 0.2) is 30.3 Å². The van der Waals surface area contributed by atoms with Crippen LogP contribution >= 0.6 is 0 Å². The van der Waals surface area contributed by atoms with E-state index in [2.05, 4.69) is 10.3 Å². The highest BCUT2D eigenvalue weighted by atomic mass is 16.2. The van der Waals surface area contributed by atoms with Crippen molar-refractivity contribution in [3.63, 3.8) is 0 Å². The zero-order valence-electron chi connectivity index (χ0n) is 12.2. The fourth-order valence-corrected chi connectivity index (χ4v) is 2.24. The topological polar surface area (TPSA) is 68.0 Å². The molecule has 1 atom stereocenters. The van der Waals surface area contributed by atoms with E-state index in [4.69, 9.17) is 5.73 Å². The summed E-state index contributed by atoms with van der Waals surface area (Å²) in [5.41, 5.74) is 7.63. The number of carbonyl (C=O) groups is 1. The normalized spacial score (nSPS) is 14.0. The third-order valence-corrected chi connectivity index (χ3v) is 3.40. The summed E-state index contributed by atoms with van der Waals surface area (Å²) in [6.45, 7) is 5.71. The lowest BCUT2D eigenvalue weighted by atomic mass is 9.96. The van der Waals surface area contributed by atoms with Gasteiger partial charge in [-0.1, -0.05) is 31.5 Å². The Morgan fingerprint density at radius 2 is 2.10 bits per heavy atom. The molecule has 2 rings (SSSR count). The molecular weight excluding hydrogens is 250 g/mol. The highest BCUT2D eigenvalue weighted by molar-refractivity contribution is 6.03. The molecule has 0 saturated carbocycles. The Hall–Kier alpha value is -1.94. The fraction of sp³-hybridized carbons (Fsp3) is 0.375. The Morgan fingerprint density at radius 1 is 1.35 bits per heavy atom. The number of para-hydroxylation sites is 1. The Labute approximate surface area is 119 Å². The molecule has 1 heterocycles. The van der Waals surface area contributed by atoms with Gasteiger partial charge in [0.1, 0.15) is 0 Å². The molecule has 0 radical (unpaired) electrons. The number of aryl methyl sites for hydroxylation is 1. The predicted molar refractivity (Wildman–Crippen MR) is 82.6 cm³/mol. The van der Waals surface area contributed by atoms with Crippen molar-refractivity contribution < 1.29 is 4.79 Å². The summed E-state index contributed by atoms with van der Waals surface area (Å²) in [5, 5.41) is 3.91. The largest absolute Gasteiger partial charge is 0.323 e. The average Bonchev–Trinajstić information content (AvgIpc) is 2.39. The van der Waals surface area contributed by atoms with E-state index in [1.54, 1.807) is 6.92 Å². The first-order valence-corrected chi connectivity index (χ1v) is 6.91. The molecule has 0 spiro atoms. The van der Waals surface area contributed by atoms with Crippen LogP contribution in [-0.4, -0.2) is 16.4 Å². The number of amides is 1. The molecule has 4 nitrogen and oxygen atoms in total. The maximum atomic E-state index is 12.3. The summed E-state index contributed by atoms with van der Waals surface area (Å²) in [4.78, 5) is 16.8. The van der Waals surface area contributed by atoms with Gasteiger partial charge < -0.3 is 11.1 Å². The summed E-state index contributed by atoms with van der Waals surface area (Å²) < 4.78 is 0. The third-order valence-electron chi connectivity index (χ3n) is 3.40. The van der Waals surface area contributed by atoms with Crippen molar-refractivity contribution >= 4 is 22.5 Å². The first kappa shape index (κ1) is 14.5. The van der Waals surface area contributed by atoms with Gasteiger partial charge >= 0.3 is 0 Å². The van der Waals surface area contributed by atoms with Crippen molar-refractivity contribution in [2.45, 2.75) is 39.2 Å². The van der Waals surface area contributed by atoms with Crippen LogP contribution in [0.4, 0.5) is 5.69 Å². The molecule has 1 aromatic heterocycles. The van der Waals surface area contributed by atoms with Gasteiger partial charge in [-0.05, 0) is 32.4 Å². The molecule has 1 amide bonds. The maximum Gasteiger partial charge on any atom is 0.244 e. The number of nitrogens with zero attached hydrogens (tertiary/aromatic N) is 1. The lowest BCUT2D eigenvalue weighted by Gasteiger charge is -2.23. The highest BCUT2D eigenvalue weighted by Gasteiger charge is 2.27. The molecule has 0 aliphatic carbocycles. The number of anilines is 1. The fourth-order valence-electron chi connectivity index (χ4n) is 2.24. The van der Waals surface area contributed by atoms with E-state index >= 15 is 0 Å². The second-order valence-electron chi connectivity index (χ2n) is 5.45. The first-order valence-electron chi connectivity index (χ1n) is 6.91. The summed E-state index contributed by atoms with van der Waals surface area (Å²) in [6.07, 6.45) is 1.52. The first-order chi connectivity index (χ1) is 9.44. The van der Waals surface area contributed by atoms with Gasteiger partial charge in [0, 0.05) is 11.1 Å². The van der Waals surface area contributed by atoms with Gasteiger partial charge in [0.25, 0.3) is 0 Å². The molecule has 0 aliphatic heterocycles. The summed E-state index contributed by atoms with van der Waals surface area (Å²) >= 11 is 0. The number of hydrogen-bond donors (Lipinski definition) is 2. The van der Waals surface area contributed by atoms with Crippen molar-refractivity contribution in [1.29, 1.82) is 0 Å². The predicted octanol–water partition coefficient (Wildman–Crippen LogP) is 3.00. The lowest BCUT2D eigenvalue weighted by Crippen LogP contribution is -2.48. The Kier molecular flexibility index (Phi) is 4.04. The highest BCUT2D eigenvalue weighted by Crippen LogP contribution is 2.23. The van der Waals surface area contributed by atoms with Gasteiger partial charge in [-0.25, -0.2) is 0 Å². The van der Waals surface area contributed by atoms with E-state index in [-0.39, 0.29) is 5.91 Å². The van der Waals surface area contributed by atoms with E-state index < -0.39 is 5.54 Å². The smallest absolute Gasteiger partial charge is 0.244 e. The van der Waals surface area contributed by atoms with Gasteiger partial charge in [0.15, 0.2) is 0 Å². The molecule has 20 heavy (non-hydrogen) atoms. The quantitative estimate of drug-likeness (QED) is 0.898. The van der Waals surface area contributed by atoms with Crippen LogP contribution in [0.2, 0.25) is 0 Å². The minimum Gasteiger partial charge on any atom is -0.323 e. The van der Waals surface area contributed by atoms with Crippen LogP contribution in [0, 0.1) is 6.92 Å². The molecule has 0 aliphatic rings. The zero-order valence-corrected chi connectivity index (χ0v) is 12.2. The Balaban J connectivity index is 2.34. The monoisotopic (exact) mass is 271 g/mol. The molecular formula is C16H21N3O. The number of carbonyl (C=O) groups excluding carboxylic acids is 1. The number of pyridine rings is 1. The molecule has 3 N–H and O–H groups in total. The van der Waals surface area contributed by atoms with Crippen LogP contribution in [0.5, 0.6) is 0 Å². The third kappa shape index (κ3) is 2.96. The molecule has 4 heteroatoms. The molecule has 1 unspecified atom stereocenters. The van der Waals surface area contributed by atoms with Crippen LogP contribution in [0.3, 0.4) is 0 Å². The molecule has 0 bridgehead atoms. The maximum absolute atomic E-state index is 12.3. The number of rotatable bonds is 4. The number of nitrogens with one attached hydrogen (secondary N) is 1. The molecule has 1 aromatic carbocycles.